The van der Waals surface area contributed by atoms with Crippen molar-refractivity contribution >= 4 is 23.2 Å². The molecule has 6 heteroatoms. The van der Waals surface area contributed by atoms with Gasteiger partial charge in [0.2, 0.25) is 0 Å². The lowest BCUT2D eigenvalue weighted by atomic mass is 9.91. The average molecular weight is 311 g/mol. The summed E-state index contributed by atoms with van der Waals surface area (Å²) >= 11 is 5.92. The molecule has 1 saturated carbocycles. The number of halogens is 1. The Morgan fingerprint density at radius 1 is 1.38 bits per heavy atom. The van der Waals surface area contributed by atoms with Crippen LogP contribution in [0.2, 0.25) is 5.15 Å². The first-order chi connectivity index (χ1) is 9.95. The number of hydrogen-bond donors (Lipinski definition) is 3. The lowest BCUT2D eigenvalue weighted by molar-refractivity contribution is 0.0926. The van der Waals surface area contributed by atoms with Gasteiger partial charge < -0.3 is 16.4 Å². The van der Waals surface area contributed by atoms with Crippen LogP contribution in [0.3, 0.4) is 0 Å². The van der Waals surface area contributed by atoms with E-state index in [1.54, 1.807) is 6.07 Å². The SMILES string of the molecule is CC(C)Nc1cc(Cl)ncc1C(=O)NC1CCC(N)CC1. The minimum absolute atomic E-state index is 0.109. The summed E-state index contributed by atoms with van der Waals surface area (Å²) in [6.45, 7) is 4.02. The Kier molecular flexibility index (Phi) is 5.42. The van der Waals surface area contributed by atoms with Gasteiger partial charge >= 0.3 is 0 Å². The van der Waals surface area contributed by atoms with Crippen LogP contribution in [0.25, 0.3) is 0 Å². The third-order valence-electron chi connectivity index (χ3n) is 3.67. The Hall–Kier alpha value is -1.33. The number of aromatic nitrogens is 1. The summed E-state index contributed by atoms with van der Waals surface area (Å²) in [5.41, 5.74) is 7.14. The topological polar surface area (TPSA) is 80.0 Å². The molecule has 0 radical (unpaired) electrons. The summed E-state index contributed by atoms with van der Waals surface area (Å²) in [4.78, 5) is 16.5. The molecule has 1 aromatic heterocycles. The lowest BCUT2D eigenvalue weighted by Crippen LogP contribution is -2.40. The lowest BCUT2D eigenvalue weighted by Gasteiger charge is -2.27. The average Bonchev–Trinajstić information content (AvgIpc) is 2.40. The first-order valence-electron chi connectivity index (χ1n) is 7.44. The Morgan fingerprint density at radius 2 is 2.05 bits per heavy atom. The maximum Gasteiger partial charge on any atom is 0.255 e. The maximum absolute atomic E-state index is 12.4. The minimum Gasteiger partial charge on any atom is -0.382 e. The van der Waals surface area contributed by atoms with Gasteiger partial charge in [0.1, 0.15) is 5.15 Å². The van der Waals surface area contributed by atoms with Crippen LogP contribution in [0.15, 0.2) is 12.3 Å². The van der Waals surface area contributed by atoms with E-state index >= 15 is 0 Å². The highest BCUT2D eigenvalue weighted by atomic mass is 35.5. The predicted molar refractivity (Wildman–Crippen MR) is 85.7 cm³/mol. The van der Waals surface area contributed by atoms with Crippen molar-refractivity contribution in [1.82, 2.24) is 10.3 Å². The van der Waals surface area contributed by atoms with Crippen LogP contribution in [-0.2, 0) is 0 Å². The van der Waals surface area contributed by atoms with E-state index in [0.717, 1.165) is 31.4 Å². The molecule has 0 atom stereocenters. The smallest absolute Gasteiger partial charge is 0.255 e. The van der Waals surface area contributed by atoms with Crippen LogP contribution >= 0.6 is 11.6 Å². The second kappa shape index (κ2) is 7.09. The summed E-state index contributed by atoms with van der Waals surface area (Å²) in [7, 11) is 0. The first kappa shape index (κ1) is 16.0. The van der Waals surface area contributed by atoms with E-state index in [4.69, 9.17) is 17.3 Å². The zero-order valence-corrected chi connectivity index (χ0v) is 13.3. The first-order valence-corrected chi connectivity index (χ1v) is 7.82. The molecule has 1 heterocycles. The quantitative estimate of drug-likeness (QED) is 0.747. The van der Waals surface area contributed by atoms with Gasteiger partial charge in [0.25, 0.3) is 5.91 Å². The van der Waals surface area contributed by atoms with Crippen molar-refractivity contribution in [2.24, 2.45) is 5.73 Å². The molecule has 5 nitrogen and oxygen atoms in total. The molecule has 0 bridgehead atoms. The highest BCUT2D eigenvalue weighted by Gasteiger charge is 2.22. The van der Waals surface area contributed by atoms with Gasteiger partial charge in [0, 0.05) is 24.3 Å². The molecule has 0 saturated heterocycles. The van der Waals surface area contributed by atoms with Crippen LogP contribution < -0.4 is 16.4 Å². The van der Waals surface area contributed by atoms with Crippen LogP contribution in [0.1, 0.15) is 49.9 Å². The van der Waals surface area contributed by atoms with Crippen LogP contribution in [0, 0.1) is 0 Å². The molecular weight excluding hydrogens is 288 g/mol. The molecule has 21 heavy (non-hydrogen) atoms. The third kappa shape index (κ3) is 4.58. The summed E-state index contributed by atoms with van der Waals surface area (Å²) in [6.07, 6.45) is 5.31. The molecule has 0 aliphatic heterocycles. The minimum atomic E-state index is -0.109. The second-order valence-electron chi connectivity index (χ2n) is 5.94. The number of nitrogens with two attached hydrogens (primary N) is 1. The number of rotatable bonds is 4. The molecule has 0 spiro atoms. The number of nitrogens with one attached hydrogen (secondary N) is 2. The normalized spacial score (nSPS) is 22.1. The summed E-state index contributed by atoms with van der Waals surface area (Å²) < 4.78 is 0. The van der Waals surface area contributed by atoms with Crippen molar-refractivity contribution in [3.05, 3.63) is 23.0 Å². The molecule has 1 amide bonds. The number of pyridine rings is 1. The number of anilines is 1. The van der Waals surface area contributed by atoms with Crippen LogP contribution in [-0.4, -0.2) is 29.0 Å². The van der Waals surface area contributed by atoms with E-state index in [1.165, 1.54) is 6.20 Å². The molecule has 4 N–H and O–H groups in total. The van der Waals surface area contributed by atoms with E-state index in [2.05, 4.69) is 15.6 Å². The molecule has 116 valence electrons. The molecule has 0 aromatic carbocycles. The monoisotopic (exact) mass is 310 g/mol. The summed E-state index contributed by atoms with van der Waals surface area (Å²) in [5, 5.41) is 6.68. The largest absolute Gasteiger partial charge is 0.382 e. The Bertz CT molecular complexity index is 498. The predicted octanol–water partition coefficient (Wildman–Crippen LogP) is 2.56. The summed E-state index contributed by atoms with van der Waals surface area (Å²) in [5.74, 6) is -0.109. The standard InChI is InChI=1S/C15H23ClN4O/c1-9(2)19-13-7-14(16)18-8-12(13)15(21)20-11-5-3-10(17)4-6-11/h7-11H,3-6,17H2,1-2H3,(H,18,19)(H,20,21). The highest BCUT2D eigenvalue weighted by molar-refractivity contribution is 6.29. The maximum atomic E-state index is 12.4. The van der Waals surface area contributed by atoms with Gasteiger partial charge in [-0.3, -0.25) is 4.79 Å². The fourth-order valence-electron chi connectivity index (χ4n) is 2.57. The molecule has 2 rings (SSSR count). The van der Waals surface area contributed by atoms with Crippen molar-refractivity contribution in [3.8, 4) is 0 Å². The third-order valence-corrected chi connectivity index (χ3v) is 3.87. The second-order valence-corrected chi connectivity index (χ2v) is 6.32. The Morgan fingerprint density at radius 3 is 2.67 bits per heavy atom. The number of carbonyl (C=O) groups is 1. The van der Waals surface area contributed by atoms with Gasteiger partial charge in [-0.25, -0.2) is 4.98 Å². The zero-order chi connectivity index (χ0) is 15.4. The van der Waals surface area contributed by atoms with E-state index in [9.17, 15) is 4.79 Å². The Labute approximate surface area is 130 Å². The van der Waals surface area contributed by atoms with E-state index in [0.29, 0.717) is 10.7 Å². The molecule has 1 aliphatic rings. The van der Waals surface area contributed by atoms with Gasteiger partial charge in [-0.2, -0.15) is 0 Å². The van der Waals surface area contributed by atoms with Crippen molar-refractivity contribution in [2.75, 3.05) is 5.32 Å². The van der Waals surface area contributed by atoms with Crippen LogP contribution in [0.5, 0.6) is 0 Å². The van der Waals surface area contributed by atoms with Crippen molar-refractivity contribution in [1.29, 1.82) is 0 Å². The number of amides is 1. The van der Waals surface area contributed by atoms with Gasteiger partial charge in [-0.1, -0.05) is 11.6 Å². The van der Waals surface area contributed by atoms with E-state index in [1.807, 2.05) is 13.8 Å². The van der Waals surface area contributed by atoms with Crippen molar-refractivity contribution < 1.29 is 4.79 Å². The fourth-order valence-corrected chi connectivity index (χ4v) is 2.73. The molecule has 1 aromatic rings. The summed E-state index contributed by atoms with van der Waals surface area (Å²) in [6, 6.07) is 2.36. The number of carbonyl (C=O) groups excluding carboxylic acids is 1. The Balaban J connectivity index is 2.07. The van der Waals surface area contributed by atoms with Crippen molar-refractivity contribution in [3.63, 3.8) is 0 Å². The van der Waals surface area contributed by atoms with Gasteiger partial charge in [-0.05, 0) is 45.6 Å². The molecular formula is C15H23ClN4O. The molecule has 0 unspecified atom stereocenters. The molecule has 1 aliphatic carbocycles. The highest BCUT2D eigenvalue weighted by Crippen LogP contribution is 2.21. The van der Waals surface area contributed by atoms with E-state index in [-0.39, 0.29) is 24.0 Å². The van der Waals surface area contributed by atoms with Crippen LogP contribution in [0.4, 0.5) is 5.69 Å². The zero-order valence-electron chi connectivity index (χ0n) is 12.5. The fraction of sp³-hybridized carbons (Fsp3) is 0.600. The molecule has 1 fully saturated rings. The van der Waals surface area contributed by atoms with E-state index < -0.39 is 0 Å². The number of nitrogens with zero attached hydrogens (tertiary/aromatic N) is 1. The van der Waals surface area contributed by atoms with Gasteiger partial charge in [-0.15, -0.1) is 0 Å². The van der Waals surface area contributed by atoms with Crippen molar-refractivity contribution in [2.45, 2.75) is 57.7 Å². The number of hydrogen-bond acceptors (Lipinski definition) is 4. The van der Waals surface area contributed by atoms with Gasteiger partial charge in [0.15, 0.2) is 0 Å². The van der Waals surface area contributed by atoms with Gasteiger partial charge in [0.05, 0.1) is 11.3 Å².